The molecule has 0 spiro atoms. The molecule has 0 atom stereocenters. The molecule has 0 unspecified atom stereocenters. The van der Waals surface area contributed by atoms with Gasteiger partial charge in [0, 0.05) is 12.2 Å². The number of benzene rings is 2. The van der Waals surface area contributed by atoms with Crippen molar-refractivity contribution >= 4 is 5.69 Å². The first-order valence-electron chi connectivity index (χ1n) is 6.96. The molecular formula is C18H23N. The highest BCUT2D eigenvalue weighted by atomic mass is 14.9. The minimum absolute atomic E-state index is 0.599. The molecule has 1 nitrogen and oxygen atoms in total. The number of nitrogens with one attached hydrogen (secondary N) is 1. The Labute approximate surface area is 116 Å². The van der Waals surface area contributed by atoms with Crippen molar-refractivity contribution in [3.05, 3.63) is 64.7 Å². The fraction of sp³-hybridized carbons (Fsp3) is 0.333. The average molecular weight is 253 g/mol. The molecule has 0 aromatic heterocycles. The lowest BCUT2D eigenvalue weighted by Crippen LogP contribution is -2.00. The highest BCUT2D eigenvalue weighted by Gasteiger charge is 2.00. The standard InChI is InChI=1S/C18H23N/c1-13(2)17-8-6-16(7-9-17)12-19-18-10-5-14(3)15(4)11-18/h5-11,13,19H,12H2,1-4H3. The van der Waals surface area contributed by atoms with Crippen LogP contribution in [0.2, 0.25) is 0 Å². The topological polar surface area (TPSA) is 12.0 Å². The maximum atomic E-state index is 3.48. The van der Waals surface area contributed by atoms with Gasteiger partial charge in [-0.25, -0.2) is 0 Å². The molecule has 2 rings (SSSR count). The molecule has 100 valence electrons. The number of aryl methyl sites for hydroxylation is 2. The second kappa shape index (κ2) is 5.92. The van der Waals surface area contributed by atoms with E-state index in [1.54, 1.807) is 0 Å². The van der Waals surface area contributed by atoms with Gasteiger partial charge < -0.3 is 5.32 Å². The normalized spacial score (nSPS) is 10.8. The number of hydrogen-bond donors (Lipinski definition) is 1. The van der Waals surface area contributed by atoms with Crippen LogP contribution in [-0.4, -0.2) is 0 Å². The van der Waals surface area contributed by atoms with Crippen LogP contribution in [0.5, 0.6) is 0 Å². The van der Waals surface area contributed by atoms with Gasteiger partial charge >= 0.3 is 0 Å². The Hall–Kier alpha value is -1.76. The van der Waals surface area contributed by atoms with E-state index in [2.05, 4.69) is 75.5 Å². The smallest absolute Gasteiger partial charge is 0.0400 e. The van der Waals surface area contributed by atoms with Crippen LogP contribution in [0.1, 0.15) is 42.0 Å². The van der Waals surface area contributed by atoms with Crippen LogP contribution >= 0.6 is 0 Å². The third kappa shape index (κ3) is 3.60. The van der Waals surface area contributed by atoms with Crippen molar-refractivity contribution in [1.29, 1.82) is 0 Å². The quantitative estimate of drug-likeness (QED) is 0.805. The molecule has 0 bridgehead atoms. The Morgan fingerprint density at radius 2 is 1.58 bits per heavy atom. The van der Waals surface area contributed by atoms with Crippen LogP contribution in [-0.2, 0) is 6.54 Å². The SMILES string of the molecule is Cc1ccc(NCc2ccc(C(C)C)cc2)cc1C. The fourth-order valence-electron chi connectivity index (χ4n) is 2.08. The van der Waals surface area contributed by atoms with Gasteiger partial charge in [0.1, 0.15) is 0 Å². The Morgan fingerprint density at radius 3 is 2.16 bits per heavy atom. The molecule has 1 N–H and O–H groups in total. The van der Waals surface area contributed by atoms with Crippen molar-refractivity contribution in [2.75, 3.05) is 5.32 Å². The molecule has 0 aliphatic heterocycles. The molecule has 0 saturated heterocycles. The first-order chi connectivity index (χ1) is 9.06. The van der Waals surface area contributed by atoms with Gasteiger partial charge in [-0.15, -0.1) is 0 Å². The molecule has 19 heavy (non-hydrogen) atoms. The molecule has 2 aromatic rings. The zero-order chi connectivity index (χ0) is 13.8. The van der Waals surface area contributed by atoms with Crippen molar-refractivity contribution in [2.45, 2.75) is 40.2 Å². The summed E-state index contributed by atoms with van der Waals surface area (Å²) in [5.74, 6) is 0.599. The highest BCUT2D eigenvalue weighted by molar-refractivity contribution is 5.48. The minimum Gasteiger partial charge on any atom is -0.381 e. The third-order valence-electron chi connectivity index (χ3n) is 3.65. The van der Waals surface area contributed by atoms with Crippen molar-refractivity contribution in [1.82, 2.24) is 0 Å². The van der Waals surface area contributed by atoms with E-state index in [1.165, 1.54) is 27.9 Å². The molecule has 0 saturated carbocycles. The second-order valence-corrected chi connectivity index (χ2v) is 5.55. The van der Waals surface area contributed by atoms with E-state index in [1.807, 2.05) is 0 Å². The molecule has 1 heteroatoms. The van der Waals surface area contributed by atoms with Gasteiger partial charge in [0.25, 0.3) is 0 Å². The summed E-state index contributed by atoms with van der Waals surface area (Å²) in [7, 11) is 0. The van der Waals surface area contributed by atoms with Gasteiger partial charge in [0.05, 0.1) is 0 Å². The molecule has 0 heterocycles. The summed E-state index contributed by atoms with van der Waals surface area (Å²) in [5, 5.41) is 3.48. The Balaban J connectivity index is 2.00. The number of anilines is 1. The summed E-state index contributed by atoms with van der Waals surface area (Å²) in [4.78, 5) is 0. The van der Waals surface area contributed by atoms with Crippen LogP contribution in [0.25, 0.3) is 0 Å². The van der Waals surface area contributed by atoms with Crippen molar-refractivity contribution in [3.63, 3.8) is 0 Å². The van der Waals surface area contributed by atoms with Crippen molar-refractivity contribution in [2.24, 2.45) is 0 Å². The Morgan fingerprint density at radius 1 is 0.895 bits per heavy atom. The lowest BCUT2D eigenvalue weighted by molar-refractivity contribution is 0.865. The Kier molecular flexibility index (Phi) is 4.26. The lowest BCUT2D eigenvalue weighted by Gasteiger charge is -2.10. The van der Waals surface area contributed by atoms with E-state index in [0.29, 0.717) is 5.92 Å². The van der Waals surface area contributed by atoms with E-state index < -0.39 is 0 Å². The maximum absolute atomic E-state index is 3.48. The van der Waals surface area contributed by atoms with Crippen molar-refractivity contribution < 1.29 is 0 Å². The summed E-state index contributed by atoms with van der Waals surface area (Å²) >= 11 is 0. The minimum atomic E-state index is 0.599. The van der Waals surface area contributed by atoms with Gasteiger partial charge in [-0.2, -0.15) is 0 Å². The van der Waals surface area contributed by atoms with Gasteiger partial charge in [-0.1, -0.05) is 44.2 Å². The summed E-state index contributed by atoms with van der Waals surface area (Å²) in [6.07, 6.45) is 0. The van der Waals surface area contributed by atoms with E-state index >= 15 is 0 Å². The largest absolute Gasteiger partial charge is 0.381 e. The van der Waals surface area contributed by atoms with Gasteiger partial charge in [0.2, 0.25) is 0 Å². The molecule has 0 aliphatic carbocycles. The van der Waals surface area contributed by atoms with E-state index in [0.717, 1.165) is 6.54 Å². The molecule has 0 radical (unpaired) electrons. The zero-order valence-corrected chi connectivity index (χ0v) is 12.3. The summed E-state index contributed by atoms with van der Waals surface area (Å²) in [6.45, 7) is 9.62. The van der Waals surface area contributed by atoms with Crippen LogP contribution in [0, 0.1) is 13.8 Å². The zero-order valence-electron chi connectivity index (χ0n) is 12.3. The van der Waals surface area contributed by atoms with Gasteiger partial charge in [-0.05, 0) is 54.2 Å². The molecule has 2 aromatic carbocycles. The van der Waals surface area contributed by atoms with Crippen LogP contribution in [0.4, 0.5) is 5.69 Å². The average Bonchev–Trinajstić information content (AvgIpc) is 2.40. The molecule has 0 aliphatic rings. The molecule has 0 fully saturated rings. The van der Waals surface area contributed by atoms with Gasteiger partial charge in [-0.3, -0.25) is 0 Å². The monoisotopic (exact) mass is 253 g/mol. The van der Waals surface area contributed by atoms with E-state index in [4.69, 9.17) is 0 Å². The number of hydrogen-bond acceptors (Lipinski definition) is 1. The summed E-state index contributed by atoms with van der Waals surface area (Å²) in [6, 6.07) is 15.4. The Bertz CT molecular complexity index is 538. The predicted molar refractivity (Wildman–Crippen MR) is 83.8 cm³/mol. The highest BCUT2D eigenvalue weighted by Crippen LogP contribution is 2.17. The summed E-state index contributed by atoms with van der Waals surface area (Å²) < 4.78 is 0. The predicted octanol–water partition coefficient (Wildman–Crippen LogP) is 5.04. The van der Waals surface area contributed by atoms with Gasteiger partial charge in [0.15, 0.2) is 0 Å². The van der Waals surface area contributed by atoms with Crippen molar-refractivity contribution in [3.8, 4) is 0 Å². The van der Waals surface area contributed by atoms with E-state index in [9.17, 15) is 0 Å². The van der Waals surface area contributed by atoms with E-state index in [-0.39, 0.29) is 0 Å². The van der Waals surface area contributed by atoms with Crippen LogP contribution in [0.15, 0.2) is 42.5 Å². The van der Waals surface area contributed by atoms with Crippen LogP contribution in [0.3, 0.4) is 0 Å². The first kappa shape index (κ1) is 13.7. The van der Waals surface area contributed by atoms with Crippen LogP contribution < -0.4 is 5.32 Å². The maximum Gasteiger partial charge on any atom is 0.0400 e. The molecular weight excluding hydrogens is 230 g/mol. The number of rotatable bonds is 4. The summed E-state index contributed by atoms with van der Waals surface area (Å²) in [5.41, 5.74) is 6.58. The first-order valence-corrected chi connectivity index (χ1v) is 6.96. The third-order valence-corrected chi connectivity index (χ3v) is 3.65. The fourth-order valence-corrected chi connectivity index (χ4v) is 2.08. The molecule has 0 amide bonds. The lowest BCUT2D eigenvalue weighted by atomic mass is 10.0. The second-order valence-electron chi connectivity index (χ2n) is 5.55.